The number of rotatable bonds is 8. The van der Waals surface area contributed by atoms with E-state index in [0.29, 0.717) is 6.61 Å². The highest BCUT2D eigenvalue weighted by molar-refractivity contribution is 9.11. The minimum Gasteiger partial charge on any atom is -0.390 e. The Labute approximate surface area is 157 Å². The molecule has 0 amide bonds. The van der Waals surface area contributed by atoms with E-state index in [0.717, 1.165) is 0 Å². The third-order valence-electron chi connectivity index (χ3n) is 3.68. The first-order valence-electron chi connectivity index (χ1n) is 7.75. The summed E-state index contributed by atoms with van der Waals surface area (Å²) in [7, 11) is 0. The van der Waals surface area contributed by atoms with Crippen LogP contribution in [0.5, 0.6) is 0 Å². The zero-order valence-electron chi connectivity index (χ0n) is 13.6. The molecule has 0 radical (unpaired) electrons. The number of halogens is 2. The van der Waals surface area contributed by atoms with Crippen LogP contribution in [-0.4, -0.2) is 52.2 Å². The van der Waals surface area contributed by atoms with Crippen LogP contribution in [0.3, 0.4) is 0 Å². The highest BCUT2D eigenvalue weighted by Gasteiger charge is 2.36. The summed E-state index contributed by atoms with van der Waals surface area (Å²) in [5.41, 5.74) is -0.826. The van der Waals surface area contributed by atoms with Crippen LogP contribution in [0.2, 0.25) is 0 Å². The largest absolute Gasteiger partial charge is 0.390 e. The smallest absolute Gasteiger partial charge is 0.330 e. The second-order valence-corrected chi connectivity index (χ2v) is 6.19. The molecule has 0 bridgehead atoms. The van der Waals surface area contributed by atoms with E-state index in [4.69, 9.17) is 25.8 Å². The summed E-state index contributed by atoms with van der Waals surface area (Å²) < 4.78 is 17.7. The third kappa shape index (κ3) is 5.25. The molecule has 10 heteroatoms. The normalized spacial score (nSPS) is 24.9. The average molecular weight is 440 g/mol. The summed E-state index contributed by atoms with van der Waals surface area (Å²) in [5, 5.41) is 10.2. The van der Waals surface area contributed by atoms with Crippen molar-refractivity contribution >= 4 is 33.6 Å². The van der Waals surface area contributed by atoms with E-state index in [1.807, 2.05) is 6.92 Å². The molecule has 1 fully saturated rings. The van der Waals surface area contributed by atoms with Crippen molar-refractivity contribution in [3.63, 3.8) is 0 Å². The molecule has 140 valence electrons. The fourth-order valence-electron chi connectivity index (χ4n) is 2.46. The maximum absolute atomic E-state index is 12.0. The Balaban J connectivity index is 2.09. The van der Waals surface area contributed by atoms with Crippen LogP contribution >= 0.6 is 27.5 Å². The molecule has 2 heterocycles. The van der Waals surface area contributed by atoms with Gasteiger partial charge < -0.3 is 19.3 Å². The lowest BCUT2D eigenvalue weighted by atomic mass is 10.2. The van der Waals surface area contributed by atoms with Crippen molar-refractivity contribution in [2.45, 2.75) is 38.1 Å². The second kappa shape index (κ2) is 9.65. The molecule has 1 aliphatic rings. The lowest BCUT2D eigenvalue weighted by Gasteiger charge is -2.20. The molecule has 1 aliphatic heterocycles. The van der Waals surface area contributed by atoms with Crippen molar-refractivity contribution in [3.05, 3.63) is 37.6 Å². The Morgan fingerprint density at radius 2 is 2.32 bits per heavy atom. The zero-order chi connectivity index (χ0) is 18.4. The molecule has 0 aliphatic carbocycles. The number of hydrogen-bond donors (Lipinski definition) is 2. The Morgan fingerprint density at radius 1 is 1.56 bits per heavy atom. The van der Waals surface area contributed by atoms with Crippen LogP contribution in [0.1, 0.15) is 25.1 Å². The van der Waals surface area contributed by atoms with Crippen molar-refractivity contribution in [1.29, 1.82) is 0 Å². The van der Waals surface area contributed by atoms with E-state index in [1.165, 1.54) is 21.8 Å². The van der Waals surface area contributed by atoms with Crippen LogP contribution in [0, 0.1) is 0 Å². The Hall–Kier alpha value is -0.970. The van der Waals surface area contributed by atoms with Crippen molar-refractivity contribution in [2.24, 2.45) is 0 Å². The molecule has 0 saturated carbocycles. The summed E-state index contributed by atoms with van der Waals surface area (Å²) >= 11 is 8.82. The highest BCUT2D eigenvalue weighted by Crippen LogP contribution is 2.28. The Kier molecular flexibility index (Phi) is 7.85. The van der Waals surface area contributed by atoms with E-state index in [1.54, 1.807) is 0 Å². The first-order chi connectivity index (χ1) is 12.0. The number of H-pyrrole nitrogens is 1. The number of aliphatic hydroxyl groups excluding tert-OH is 1. The van der Waals surface area contributed by atoms with Crippen molar-refractivity contribution in [3.8, 4) is 0 Å². The molecule has 2 N–H and O–H groups in total. The first-order valence-corrected chi connectivity index (χ1v) is 9.20. The van der Waals surface area contributed by atoms with Gasteiger partial charge in [0.25, 0.3) is 5.56 Å². The Morgan fingerprint density at radius 3 is 2.96 bits per heavy atom. The second-order valence-electron chi connectivity index (χ2n) is 5.35. The molecule has 8 nitrogen and oxygen atoms in total. The van der Waals surface area contributed by atoms with Gasteiger partial charge in [0.05, 0.1) is 24.2 Å². The van der Waals surface area contributed by atoms with Gasteiger partial charge in [0, 0.05) is 19.2 Å². The fourth-order valence-corrected chi connectivity index (χ4v) is 2.93. The molecule has 1 aromatic rings. The monoisotopic (exact) mass is 438 g/mol. The van der Waals surface area contributed by atoms with E-state index in [-0.39, 0.29) is 24.5 Å². The van der Waals surface area contributed by atoms with Crippen LogP contribution in [0.25, 0.3) is 6.08 Å². The molecule has 1 saturated heterocycles. The number of ether oxygens (including phenoxy) is 3. The minimum absolute atomic E-state index is 0.0708. The highest BCUT2D eigenvalue weighted by atomic mass is 79.9. The molecule has 4 atom stereocenters. The van der Waals surface area contributed by atoms with Crippen LogP contribution in [0.15, 0.2) is 20.8 Å². The van der Waals surface area contributed by atoms with Gasteiger partial charge in [0.1, 0.15) is 12.3 Å². The molecular weight excluding hydrogens is 420 g/mol. The number of aliphatic hydroxyl groups is 1. The van der Waals surface area contributed by atoms with Crippen LogP contribution in [0.4, 0.5) is 0 Å². The molecule has 1 aromatic heterocycles. The van der Waals surface area contributed by atoms with Crippen molar-refractivity contribution in [2.75, 3.05) is 19.1 Å². The van der Waals surface area contributed by atoms with E-state index >= 15 is 0 Å². The summed E-state index contributed by atoms with van der Waals surface area (Å²) in [6.07, 6.45) is 0.332. The maximum atomic E-state index is 12.0. The number of hydrogen-bond acceptors (Lipinski definition) is 6. The lowest BCUT2D eigenvalue weighted by molar-refractivity contribution is -0.157. The summed E-state index contributed by atoms with van der Waals surface area (Å²) in [5.74, 6) is 0.154. The van der Waals surface area contributed by atoms with Gasteiger partial charge in [0.2, 0.25) is 0 Å². The SMILES string of the molecule is CCOC(CCl)OC[C@H]1O[C@@H](n2cc(C=CBr)c(=O)[nH]c2=O)C[C@@H]1O. The van der Waals surface area contributed by atoms with Gasteiger partial charge in [-0.25, -0.2) is 4.79 Å². The molecule has 0 spiro atoms. The van der Waals surface area contributed by atoms with E-state index in [9.17, 15) is 14.7 Å². The van der Waals surface area contributed by atoms with Gasteiger partial charge in [-0.2, -0.15) is 0 Å². The quantitative estimate of drug-likeness (QED) is 0.466. The Bertz CT molecular complexity index is 706. The van der Waals surface area contributed by atoms with Crippen LogP contribution < -0.4 is 11.2 Å². The molecular formula is C15H20BrClN2O6. The van der Waals surface area contributed by atoms with Gasteiger partial charge in [-0.3, -0.25) is 14.3 Å². The van der Waals surface area contributed by atoms with E-state index in [2.05, 4.69) is 20.9 Å². The number of nitrogens with zero attached hydrogens (tertiary/aromatic N) is 1. The first kappa shape index (κ1) is 20.3. The third-order valence-corrected chi connectivity index (χ3v) is 4.19. The number of nitrogens with one attached hydrogen (secondary N) is 1. The van der Waals surface area contributed by atoms with Gasteiger partial charge in [-0.05, 0) is 18.0 Å². The van der Waals surface area contributed by atoms with E-state index < -0.39 is 36.0 Å². The zero-order valence-corrected chi connectivity index (χ0v) is 15.9. The van der Waals surface area contributed by atoms with Crippen LogP contribution in [-0.2, 0) is 14.2 Å². The number of aromatic amines is 1. The van der Waals surface area contributed by atoms with Gasteiger partial charge in [-0.1, -0.05) is 15.9 Å². The lowest BCUT2D eigenvalue weighted by Crippen LogP contribution is -2.34. The summed E-state index contributed by atoms with van der Waals surface area (Å²) in [4.78, 5) is 27.5. The van der Waals surface area contributed by atoms with Gasteiger partial charge in [-0.15, -0.1) is 11.6 Å². The van der Waals surface area contributed by atoms with Crippen molar-refractivity contribution < 1.29 is 19.3 Å². The maximum Gasteiger partial charge on any atom is 0.330 e. The molecule has 1 unspecified atom stereocenters. The molecule has 2 rings (SSSR count). The number of aromatic nitrogens is 2. The van der Waals surface area contributed by atoms with Gasteiger partial charge >= 0.3 is 5.69 Å². The molecule has 0 aromatic carbocycles. The summed E-state index contributed by atoms with van der Waals surface area (Å²) in [6, 6.07) is 0. The predicted molar refractivity (Wildman–Crippen MR) is 95.9 cm³/mol. The summed E-state index contributed by atoms with van der Waals surface area (Å²) in [6.45, 7) is 2.34. The molecule has 25 heavy (non-hydrogen) atoms. The average Bonchev–Trinajstić information content (AvgIpc) is 2.94. The van der Waals surface area contributed by atoms with Crippen molar-refractivity contribution in [1.82, 2.24) is 9.55 Å². The number of alkyl halides is 1. The standard InChI is InChI=1S/C15H20BrClN2O6/c1-2-23-13(6-17)24-8-11-10(20)5-12(25-11)19-7-9(3-4-16)14(21)18-15(19)22/h3-4,7,10-13,20H,2,5-6,8H2,1H3,(H,18,21,22)/t10-,11+,12+,13?/m0/s1. The topological polar surface area (TPSA) is 103 Å². The fraction of sp³-hybridized carbons (Fsp3) is 0.600. The predicted octanol–water partition coefficient (Wildman–Crippen LogP) is 1.17. The van der Waals surface area contributed by atoms with Gasteiger partial charge in [0.15, 0.2) is 6.29 Å². The minimum atomic E-state index is -0.823.